The Morgan fingerprint density at radius 3 is 2.64 bits per heavy atom. The summed E-state index contributed by atoms with van der Waals surface area (Å²) in [6, 6.07) is 14.2. The van der Waals surface area contributed by atoms with E-state index in [1.54, 1.807) is 21.1 Å². The van der Waals surface area contributed by atoms with E-state index < -0.39 is 5.38 Å². The molecule has 5 nitrogen and oxygen atoms in total. The van der Waals surface area contributed by atoms with E-state index in [0.717, 1.165) is 24.3 Å². The average Bonchev–Trinajstić information content (AvgIpc) is 2.72. The van der Waals surface area contributed by atoms with Crippen molar-refractivity contribution in [2.24, 2.45) is 0 Å². The third kappa shape index (κ3) is 4.78. The Morgan fingerprint density at radius 2 is 1.96 bits per heavy atom. The Labute approximate surface area is 171 Å². The topological polar surface area (TPSA) is 50.8 Å². The molecule has 2 aromatic carbocycles. The second kappa shape index (κ2) is 9.30. The monoisotopic (exact) mass is 402 g/mol. The Hall–Kier alpha value is -2.24. The summed E-state index contributed by atoms with van der Waals surface area (Å²) in [5, 5.41) is 2.96. The molecule has 3 rings (SSSR count). The number of nitrogens with one attached hydrogen (secondary N) is 1. The molecule has 1 N–H and O–H groups in total. The summed E-state index contributed by atoms with van der Waals surface area (Å²) >= 11 is 6.15. The zero-order valence-electron chi connectivity index (χ0n) is 16.6. The summed E-state index contributed by atoms with van der Waals surface area (Å²) in [6.07, 6.45) is 0.885. The highest BCUT2D eigenvalue weighted by Gasteiger charge is 2.26. The van der Waals surface area contributed by atoms with Crippen LogP contribution in [0.25, 0.3) is 0 Å². The van der Waals surface area contributed by atoms with Gasteiger partial charge in [0.05, 0.1) is 14.2 Å². The molecule has 150 valence electrons. The molecule has 0 aliphatic carbocycles. The number of nitrogens with zero attached hydrogens (tertiary/aromatic N) is 1. The molecule has 1 heterocycles. The van der Waals surface area contributed by atoms with Gasteiger partial charge in [-0.2, -0.15) is 0 Å². The number of halogens is 1. The Kier molecular flexibility index (Phi) is 6.81. The van der Waals surface area contributed by atoms with Gasteiger partial charge >= 0.3 is 0 Å². The van der Waals surface area contributed by atoms with E-state index in [2.05, 4.69) is 29.6 Å². The first-order valence-electron chi connectivity index (χ1n) is 9.45. The summed E-state index contributed by atoms with van der Waals surface area (Å²) in [5.74, 6) is 1.33. The zero-order chi connectivity index (χ0) is 20.1. The fraction of sp³-hybridized carbons (Fsp3) is 0.409. The lowest BCUT2D eigenvalue weighted by Crippen LogP contribution is -2.47. The number of amides is 1. The number of hydrogen-bond donors (Lipinski definition) is 1. The quantitative estimate of drug-likeness (QED) is 0.721. The lowest BCUT2D eigenvalue weighted by molar-refractivity contribution is -0.131. The molecular weight excluding hydrogens is 376 g/mol. The molecule has 1 aliphatic heterocycles. The molecule has 2 aromatic rings. The first-order valence-corrected chi connectivity index (χ1v) is 9.89. The van der Waals surface area contributed by atoms with E-state index in [-0.39, 0.29) is 11.9 Å². The molecule has 1 unspecified atom stereocenters. The van der Waals surface area contributed by atoms with Gasteiger partial charge in [0.25, 0.3) is 0 Å². The van der Waals surface area contributed by atoms with Gasteiger partial charge in [-0.05, 0) is 36.6 Å². The van der Waals surface area contributed by atoms with Crippen molar-refractivity contribution in [1.82, 2.24) is 10.2 Å². The van der Waals surface area contributed by atoms with Gasteiger partial charge in [-0.15, -0.1) is 11.6 Å². The van der Waals surface area contributed by atoms with Gasteiger partial charge in [0.1, 0.15) is 16.9 Å². The lowest BCUT2D eigenvalue weighted by atomic mass is 9.95. The van der Waals surface area contributed by atoms with Crippen molar-refractivity contribution in [3.8, 4) is 11.5 Å². The van der Waals surface area contributed by atoms with Gasteiger partial charge in [-0.1, -0.05) is 24.3 Å². The van der Waals surface area contributed by atoms with Gasteiger partial charge in [-0.3, -0.25) is 4.79 Å². The summed E-state index contributed by atoms with van der Waals surface area (Å²) in [7, 11) is 3.24. The predicted octanol–water partition coefficient (Wildman–Crippen LogP) is 3.37. The Morgan fingerprint density at radius 1 is 1.21 bits per heavy atom. The van der Waals surface area contributed by atoms with Crippen molar-refractivity contribution in [3.05, 3.63) is 59.2 Å². The van der Waals surface area contributed by atoms with E-state index >= 15 is 0 Å². The van der Waals surface area contributed by atoms with E-state index in [4.69, 9.17) is 21.1 Å². The number of benzene rings is 2. The molecule has 6 heteroatoms. The molecule has 0 radical (unpaired) electrons. The summed E-state index contributed by atoms with van der Waals surface area (Å²) in [5.41, 5.74) is 3.57. The SMILES string of the molecule is COc1ccc(CN(C[C@H]2Cc3ccccc3CN2)C(=O)C(C)Cl)c(OC)c1. The maximum Gasteiger partial charge on any atom is 0.240 e. The van der Waals surface area contributed by atoms with Crippen LogP contribution < -0.4 is 14.8 Å². The minimum atomic E-state index is -0.583. The molecule has 0 fully saturated rings. The van der Waals surface area contributed by atoms with E-state index in [9.17, 15) is 4.79 Å². The van der Waals surface area contributed by atoms with Gasteiger partial charge in [-0.25, -0.2) is 0 Å². The van der Waals surface area contributed by atoms with Crippen LogP contribution in [0, 0.1) is 0 Å². The second-order valence-electron chi connectivity index (χ2n) is 7.06. The molecule has 28 heavy (non-hydrogen) atoms. The third-order valence-electron chi connectivity index (χ3n) is 5.11. The van der Waals surface area contributed by atoms with Gasteiger partial charge < -0.3 is 19.7 Å². The van der Waals surface area contributed by atoms with Crippen LogP contribution in [0.1, 0.15) is 23.6 Å². The van der Waals surface area contributed by atoms with E-state index in [1.165, 1.54) is 11.1 Å². The van der Waals surface area contributed by atoms with Crippen LogP contribution >= 0.6 is 11.6 Å². The van der Waals surface area contributed by atoms with Crippen LogP contribution in [-0.2, 0) is 24.3 Å². The smallest absolute Gasteiger partial charge is 0.240 e. The van der Waals surface area contributed by atoms with Crippen LogP contribution in [-0.4, -0.2) is 43.0 Å². The van der Waals surface area contributed by atoms with Crippen molar-refractivity contribution in [3.63, 3.8) is 0 Å². The number of methoxy groups -OCH3 is 2. The van der Waals surface area contributed by atoms with Crippen LogP contribution in [0.3, 0.4) is 0 Å². The normalized spacial score (nSPS) is 16.8. The van der Waals surface area contributed by atoms with Crippen molar-refractivity contribution in [2.45, 2.75) is 37.9 Å². The maximum absolute atomic E-state index is 12.8. The Balaban J connectivity index is 1.78. The highest BCUT2D eigenvalue weighted by atomic mass is 35.5. The van der Waals surface area contributed by atoms with Crippen LogP contribution in [0.2, 0.25) is 0 Å². The zero-order valence-corrected chi connectivity index (χ0v) is 17.3. The minimum Gasteiger partial charge on any atom is -0.497 e. The standard InChI is InChI=1S/C22H27ClN2O3/c1-15(23)22(26)25(13-18-8-9-20(27-2)11-21(18)28-3)14-19-10-16-6-4-5-7-17(16)12-24-19/h4-9,11,15,19,24H,10,12-14H2,1-3H3/t15?,19-/m1/s1. The van der Waals surface area contributed by atoms with Crippen molar-refractivity contribution < 1.29 is 14.3 Å². The fourth-order valence-corrected chi connectivity index (χ4v) is 3.73. The summed E-state index contributed by atoms with van der Waals surface area (Å²) in [4.78, 5) is 14.6. The highest BCUT2D eigenvalue weighted by Crippen LogP contribution is 2.27. The number of fused-ring (bicyclic) bond motifs is 1. The molecular formula is C22H27ClN2O3. The van der Waals surface area contributed by atoms with Crippen LogP contribution in [0.5, 0.6) is 11.5 Å². The highest BCUT2D eigenvalue weighted by molar-refractivity contribution is 6.30. The molecule has 0 spiro atoms. The van der Waals surface area contributed by atoms with Gasteiger partial charge in [0.15, 0.2) is 0 Å². The number of carbonyl (C=O) groups is 1. The first kappa shape index (κ1) is 20.5. The molecule has 0 saturated heterocycles. The molecule has 0 aromatic heterocycles. The number of ether oxygens (including phenoxy) is 2. The molecule has 1 amide bonds. The fourth-order valence-electron chi connectivity index (χ4n) is 3.59. The van der Waals surface area contributed by atoms with Crippen LogP contribution in [0.4, 0.5) is 0 Å². The van der Waals surface area contributed by atoms with Gasteiger partial charge in [0, 0.05) is 37.3 Å². The molecule has 0 saturated carbocycles. The third-order valence-corrected chi connectivity index (χ3v) is 5.30. The average molecular weight is 403 g/mol. The summed E-state index contributed by atoms with van der Waals surface area (Å²) < 4.78 is 10.8. The van der Waals surface area contributed by atoms with Crippen molar-refractivity contribution in [2.75, 3.05) is 20.8 Å². The van der Waals surface area contributed by atoms with E-state index in [1.807, 2.05) is 23.1 Å². The van der Waals surface area contributed by atoms with Crippen molar-refractivity contribution in [1.29, 1.82) is 0 Å². The van der Waals surface area contributed by atoms with Gasteiger partial charge in [0.2, 0.25) is 5.91 Å². The molecule has 1 aliphatic rings. The summed E-state index contributed by atoms with van der Waals surface area (Å²) in [6.45, 7) is 3.54. The minimum absolute atomic E-state index is 0.0832. The predicted molar refractivity (Wildman–Crippen MR) is 111 cm³/mol. The molecule has 2 atom stereocenters. The number of hydrogen-bond acceptors (Lipinski definition) is 4. The number of rotatable bonds is 7. The van der Waals surface area contributed by atoms with E-state index in [0.29, 0.717) is 18.8 Å². The number of carbonyl (C=O) groups excluding carboxylic acids is 1. The largest absolute Gasteiger partial charge is 0.497 e. The maximum atomic E-state index is 12.8. The van der Waals surface area contributed by atoms with Crippen LogP contribution in [0.15, 0.2) is 42.5 Å². The lowest BCUT2D eigenvalue weighted by Gasteiger charge is -2.32. The first-order chi connectivity index (χ1) is 13.5. The molecule has 0 bridgehead atoms. The van der Waals surface area contributed by atoms with Crippen molar-refractivity contribution >= 4 is 17.5 Å². The Bertz CT molecular complexity index is 825. The number of alkyl halides is 1. The second-order valence-corrected chi connectivity index (χ2v) is 7.72.